The molecule has 0 aliphatic carbocycles. The Hall–Kier alpha value is -3.18. The van der Waals surface area contributed by atoms with Crippen molar-refractivity contribution >= 4 is 38.9 Å². The van der Waals surface area contributed by atoms with E-state index in [1.165, 1.54) is 30.3 Å². The molecule has 0 unspecified atom stereocenters. The fraction of sp³-hybridized carbons (Fsp3) is 0.174. The molecule has 0 bridgehead atoms. The predicted molar refractivity (Wildman–Crippen MR) is 126 cm³/mol. The average molecular weight is 511 g/mol. The molecule has 11 heteroatoms. The van der Waals surface area contributed by atoms with Crippen LogP contribution >= 0.6 is 11.8 Å². The minimum absolute atomic E-state index is 0.137. The van der Waals surface area contributed by atoms with Crippen LogP contribution < -0.4 is 10.6 Å². The molecule has 0 radical (unpaired) electrons. The molecule has 0 saturated heterocycles. The predicted octanol–water partition coefficient (Wildman–Crippen LogP) is 5.31. The maximum absolute atomic E-state index is 12.5. The number of halogens is 3. The Kier molecular flexibility index (Phi) is 7.78. The third kappa shape index (κ3) is 7.42. The fourth-order valence-electron chi connectivity index (χ4n) is 3.04. The highest BCUT2D eigenvalue weighted by molar-refractivity contribution is 8.00. The first kappa shape index (κ1) is 25.4. The van der Waals surface area contributed by atoms with E-state index in [2.05, 4.69) is 10.6 Å². The number of hydrogen-bond acceptors (Lipinski definition) is 6. The van der Waals surface area contributed by atoms with E-state index in [0.29, 0.717) is 18.5 Å². The number of carbonyl (C=O) groups is 1. The molecular formula is C23H21F3N2O4S2. The number of carbonyl (C=O) groups excluding carboxylic acids is 1. The number of nitrogens with one attached hydrogen (secondary N) is 2. The smallest absolute Gasteiger partial charge is 0.446 e. The van der Waals surface area contributed by atoms with Crippen molar-refractivity contribution < 1.29 is 31.5 Å². The Morgan fingerprint density at radius 2 is 1.59 bits per heavy atom. The summed E-state index contributed by atoms with van der Waals surface area (Å²) >= 11 is -0.150. The average Bonchev–Trinajstić information content (AvgIpc) is 2.75. The van der Waals surface area contributed by atoms with E-state index in [1.54, 1.807) is 36.4 Å². The van der Waals surface area contributed by atoms with Gasteiger partial charge in [0.05, 0.1) is 0 Å². The van der Waals surface area contributed by atoms with Crippen LogP contribution in [0.1, 0.15) is 15.9 Å². The van der Waals surface area contributed by atoms with Gasteiger partial charge in [-0.1, -0.05) is 12.1 Å². The van der Waals surface area contributed by atoms with Crippen LogP contribution in [0.3, 0.4) is 0 Å². The molecule has 1 amide bonds. The van der Waals surface area contributed by atoms with E-state index in [9.17, 15) is 31.5 Å². The van der Waals surface area contributed by atoms with Crippen molar-refractivity contribution in [2.24, 2.45) is 0 Å². The van der Waals surface area contributed by atoms with Crippen LogP contribution in [0, 0.1) is 0 Å². The lowest BCUT2D eigenvalue weighted by Gasteiger charge is -2.10. The number of aromatic hydroxyl groups is 1. The number of benzene rings is 3. The number of anilines is 2. The molecule has 34 heavy (non-hydrogen) atoms. The zero-order chi connectivity index (χ0) is 24.9. The van der Waals surface area contributed by atoms with Gasteiger partial charge in [-0.15, -0.1) is 0 Å². The number of hydrogen-bond donors (Lipinski definition) is 3. The van der Waals surface area contributed by atoms with Gasteiger partial charge >= 0.3 is 5.51 Å². The van der Waals surface area contributed by atoms with Crippen LogP contribution in [0.4, 0.5) is 24.5 Å². The molecule has 3 N–H and O–H groups in total. The zero-order valence-electron chi connectivity index (χ0n) is 17.9. The number of thioether (sulfide) groups is 1. The van der Waals surface area contributed by atoms with E-state index >= 15 is 0 Å². The molecule has 0 aromatic heterocycles. The first-order valence-corrected chi connectivity index (χ1v) is 12.6. The highest BCUT2D eigenvalue weighted by atomic mass is 32.2. The van der Waals surface area contributed by atoms with Gasteiger partial charge in [0, 0.05) is 34.6 Å². The third-order valence-electron chi connectivity index (χ3n) is 4.66. The maximum atomic E-state index is 12.5. The largest absolute Gasteiger partial charge is 0.507 e. The van der Waals surface area contributed by atoms with Gasteiger partial charge < -0.3 is 15.7 Å². The van der Waals surface area contributed by atoms with Crippen molar-refractivity contribution in [3.8, 4) is 5.75 Å². The van der Waals surface area contributed by atoms with Crippen molar-refractivity contribution in [3.05, 3.63) is 77.9 Å². The number of rotatable bonds is 8. The number of sulfone groups is 1. The summed E-state index contributed by atoms with van der Waals surface area (Å²) in [5.41, 5.74) is -2.10. The first-order valence-electron chi connectivity index (χ1n) is 9.94. The molecule has 0 atom stereocenters. The van der Waals surface area contributed by atoms with Gasteiger partial charge in [-0.25, -0.2) is 8.42 Å². The van der Waals surface area contributed by atoms with Crippen LogP contribution in [0.2, 0.25) is 0 Å². The Bertz CT molecular complexity index is 1260. The maximum Gasteiger partial charge on any atom is 0.446 e. The summed E-state index contributed by atoms with van der Waals surface area (Å²) in [5.74, 6) is -0.847. The SMILES string of the molecule is CS(=O)(=O)c1cc(NC(=O)c2ccc(NCCc3ccc(SC(F)(F)F)cc3)cc2)ccc1O. The van der Waals surface area contributed by atoms with E-state index in [-0.39, 0.29) is 27.2 Å². The van der Waals surface area contributed by atoms with Crippen LogP contribution in [-0.2, 0) is 16.3 Å². The van der Waals surface area contributed by atoms with Gasteiger partial charge in [-0.2, -0.15) is 13.2 Å². The normalized spacial score (nSPS) is 11.8. The van der Waals surface area contributed by atoms with Gasteiger partial charge in [0.2, 0.25) is 0 Å². The Labute approximate surface area is 199 Å². The second-order valence-electron chi connectivity index (χ2n) is 7.35. The molecule has 6 nitrogen and oxygen atoms in total. The topological polar surface area (TPSA) is 95.5 Å². The van der Waals surface area contributed by atoms with E-state index in [0.717, 1.165) is 17.5 Å². The molecule has 180 valence electrons. The quantitative estimate of drug-likeness (QED) is 0.281. The van der Waals surface area contributed by atoms with Crippen molar-refractivity contribution in [1.82, 2.24) is 0 Å². The molecule has 0 saturated carbocycles. The summed E-state index contributed by atoms with van der Waals surface area (Å²) in [7, 11) is -3.66. The molecule has 0 aliphatic heterocycles. The first-order chi connectivity index (χ1) is 15.9. The van der Waals surface area contributed by atoms with Crippen molar-refractivity contribution in [3.63, 3.8) is 0 Å². The van der Waals surface area contributed by atoms with Crippen molar-refractivity contribution in [2.75, 3.05) is 23.4 Å². The van der Waals surface area contributed by atoms with Crippen LogP contribution in [-0.4, -0.2) is 37.7 Å². The summed E-state index contributed by atoms with van der Waals surface area (Å²) < 4.78 is 60.6. The fourth-order valence-corrected chi connectivity index (χ4v) is 4.37. The van der Waals surface area contributed by atoms with E-state index in [1.807, 2.05) is 0 Å². The molecule has 3 rings (SSSR count). The summed E-state index contributed by atoms with van der Waals surface area (Å²) in [6, 6.07) is 16.6. The monoisotopic (exact) mass is 510 g/mol. The number of phenolic OH excluding ortho intramolecular Hbond substituents is 1. The standard InChI is InChI=1S/C23H21F3N2O4S2/c1-34(31,32)21-14-18(8-11-20(21)29)28-22(30)16-4-6-17(7-5-16)27-13-12-15-2-9-19(10-3-15)33-23(24,25)26/h2-11,14,27,29H,12-13H2,1H3,(H,28,30). The van der Waals surface area contributed by atoms with Gasteiger partial charge in [0.1, 0.15) is 10.6 Å². The van der Waals surface area contributed by atoms with Crippen molar-refractivity contribution in [2.45, 2.75) is 21.7 Å². The van der Waals surface area contributed by atoms with Gasteiger partial charge in [-0.05, 0) is 78.3 Å². The highest BCUT2D eigenvalue weighted by Gasteiger charge is 2.29. The Morgan fingerprint density at radius 3 is 2.18 bits per heavy atom. The third-order valence-corrected chi connectivity index (χ3v) is 6.53. The minimum Gasteiger partial charge on any atom is -0.507 e. The molecule has 3 aromatic rings. The number of amides is 1. The minimum atomic E-state index is -4.31. The van der Waals surface area contributed by atoms with E-state index < -0.39 is 27.0 Å². The number of alkyl halides is 3. The van der Waals surface area contributed by atoms with Crippen LogP contribution in [0.5, 0.6) is 5.75 Å². The van der Waals surface area contributed by atoms with Crippen LogP contribution in [0.25, 0.3) is 0 Å². The Balaban J connectivity index is 1.53. The lowest BCUT2D eigenvalue weighted by molar-refractivity contribution is -0.0328. The molecule has 0 heterocycles. The molecule has 0 fully saturated rings. The summed E-state index contributed by atoms with van der Waals surface area (Å²) in [6.07, 6.45) is 1.56. The lowest BCUT2D eigenvalue weighted by Crippen LogP contribution is -2.12. The van der Waals surface area contributed by atoms with Crippen LogP contribution in [0.15, 0.2) is 76.5 Å². The number of phenols is 1. The second-order valence-corrected chi connectivity index (χ2v) is 10.5. The molecular weight excluding hydrogens is 489 g/mol. The highest BCUT2D eigenvalue weighted by Crippen LogP contribution is 2.36. The van der Waals surface area contributed by atoms with E-state index in [4.69, 9.17) is 0 Å². The lowest BCUT2D eigenvalue weighted by atomic mass is 10.1. The van der Waals surface area contributed by atoms with Gasteiger partial charge in [0.25, 0.3) is 5.91 Å². The second kappa shape index (κ2) is 10.4. The Morgan fingerprint density at radius 1 is 0.971 bits per heavy atom. The molecule has 0 aliphatic rings. The van der Waals surface area contributed by atoms with Gasteiger partial charge in [0.15, 0.2) is 9.84 Å². The molecule has 3 aromatic carbocycles. The summed E-state index contributed by atoms with van der Waals surface area (Å²) in [4.78, 5) is 12.3. The van der Waals surface area contributed by atoms with Crippen molar-refractivity contribution in [1.29, 1.82) is 0 Å². The summed E-state index contributed by atoms with van der Waals surface area (Å²) in [6.45, 7) is 0.541. The van der Waals surface area contributed by atoms with Gasteiger partial charge in [-0.3, -0.25) is 4.79 Å². The molecule has 0 spiro atoms. The zero-order valence-corrected chi connectivity index (χ0v) is 19.5. The summed E-state index contributed by atoms with van der Waals surface area (Å²) in [5, 5.41) is 15.5.